The molecule has 0 unspecified atom stereocenters. The highest BCUT2D eigenvalue weighted by Gasteiger charge is 2.09. The average Bonchev–Trinajstić information content (AvgIpc) is 2.50. The quantitative estimate of drug-likeness (QED) is 0.557. The Balaban J connectivity index is 3.06. The van der Waals surface area contributed by atoms with Gasteiger partial charge in [0.2, 0.25) is 0 Å². The van der Waals surface area contributed by atoms with Crippen LogP contribution in [0.3, 0.4) is 0 Å². The highest BCUT2D eigenvalue weighted by Crippen LogP contribution is 2.28. The third-order valence-electron chi connectivity index (χ3n) is 2.41. The molecule has 0 aliphatic rings. The Hall–Kier alpha value is -2.36. The second kappa shape index (κ2) is 7.94. The number of methoxy groups -OCH3 is 1. The summed E-state index contributed by atoms with van der Waals surface area (Å²) in [6.07, 6.45) is 1.36. The molecule has 2 N–H and O–H groups in total. The van der Waals surface area contributed by atoms with Gasteiger partial charge in [0.15, 0.2) is 17.3 Å². The normalized spacial score (nSPS) is 10.8. The van der Waals surface area contributed by atoms with E-state index in [1.54, 1.807) is 24.3 Å². The molecule has 6 heteroatoms. The van der Waals surface area contributed by atoms with Crippen LogP contribution in [0.1, 0.15) is 5.56 Å². The number of carbonyl (C=O) groups excluding carboxylic acids is 1. The zero-order valence-corrected chi connectivity index (χ0v) is 11.0. The van der Waals surface area contributed by atoms with Crippen molar-refractivity contribution in [1.82, 2.24) is 0 Å². The largest absolute Gasteiger partial charge is 0.493 e. The van der Waals surface area contributed by atoms with Crippen molar-refractivity contribution < 1.29 is 24.5 Å². The van der Waals surface area contributed by atoms with E-state index in [1.165, 1.54) is 13.2 Å². The second-order valence-corrected chi connectivity index (χ2v) is 3.73. The van der Waals surface area contributed by atoms with E-state index in [0.717, 1.165) is 0 Å². The second-order valence-electron chi connectivity index (χ2n) is 3.73. The van der Waals surface area contributed by atoms with Gasteiger partial charge in [-0.2, -0.15) is 5.26 Å². The average molecular weight is 277 g/mol. The SMILES string of the molecule is COc1cc(/C=C(\C#N)C(=O)CO)ccc1OCCO. The van der Waals surface area contributed by atoms with Gasteiger partial charge in [0.25, 0.3) is 0 Å². The van der Waals surface area contributed by atoms with Crippen LogP contribution in [0.5, 0.6) is 11.5 Å². The van der Waals surface area contributed by atoms with Crippen LogP contribution in [0.2, 0.25) is 0 Å². The molecule has 0 aliphatic carbocycles. The zero-order valence-electron chi connectivity index (χ0n) is 11.0. The molecule has 0 bridgehead atoms. The minimum absolute atomic E-state index is 0.117. The molecular weight excluding hydrogens is 262 g/mol. The van der Waals surface area contributed by atoms with E-state index in [2.05, 4.69) is 0 Å². The first kappa shape index (κ1) is 15.7. The molecule has 0 spiro atoms. The molecule has 0 fully saturated rings. The first-order valence-corrected chi connectivity index (χ1v) is 5.83. The molecule has 0 amide bonds. The Morgan fingerprint density at radius 3 is 2.70 bits per heavy atom. The Morgan fingerprint density at radius 1 is 1.40 bits per heavy atom. The van der Waals surface area contributed by atoms with Gasteiger partial charge in [-0.05, 0) is 23.8 Å². The molecule has 20 heavy (non-hydrogen) atoms. The van der Waals surface area contributed by atoms with E-state index in [4.69, 9.17) is 24.9 Å². The molecular formula is C14H15NO5. The summed E-state index contributed by atoms with van der Waals surface area (Å²) in [7, 11) is 1.46. The zero-order chi connectivity index (χ0) is 15.0. The molecule has 0 heterocycles. The molecule has 0 saturated heterocycles. The third-order valence-corrected chi connectivity index (χ3v) is 2.41. The van der Waals surface area contributed by atoms with E-state index in [-0.39, 0.29) is 18.8 Å². The molecule has 0 aliphatic heterocycles. The Bertz CT molecular complexity index is 545. The van der Waals surface area contributed by atoms with Crippen LogP contribution in [-0.2, 0) is 4.79 Å². The Morgan fingerprint density at radius 2 is 2.15 bits per heavy atom. The number of carbonyl (C=O) groups is 1. The Labute approximate surface area is 116 Å². The van der Waals surface area contributed by atoms with Crippen LogP contribution in [0.25, 0.3) is 6.08 Å². The molecule has 1 aromatic carbocycles. The van der Waals surface area contributed by atoms with Gasteiger partial charge in [0.1, 0.15) is 19.3 Å². The van der Waals surface area contributed by atoms with E-state index in [9.17, 15) is 4.79 Å². The smallest absolute Gasteiger partial charge is 0.198 e. The minimum Gasteiger partial charge on any atom is -0.493 e. The monoisotopic (exact) mass is 277 g/mol. The summed E-state index contributed by atoms with van der Waals surface area (Å²) in [5, 5.41) is 26.3. The molecule has 1 aromatic rings. The van der Waals surface area contributed by atoms with E-state index < -0.39 is 12.4 Å². The van der Waals surface area contributed by atoms with Gasteiger partial charge in [0, 0.05) is 0 Å². The summed E-state index contributed by atoms with van der Waals surface area (Å²) in [6, 6.07) is 6.57. The van der Waals surface area contributed by atoms with Gasteiger partial charge < -0.3 is 19.7 Å². The number of benzene rings is 1. The van der Waals surface area contributed by atoms with Crippen molar-refractivity contribution in [2.24, 2.45) is 0 Å². The fraction of sp³-hybridized carbons (Fsp3) is 0.286. The fourth-order valence-electron chi connectivity index (χ4n) is 1.48. The van der Waals surface area contributed by atoms with Crippen LogP contribution in [0.15, 0.2) is 23.8 Å². The van der Waals surface area contributed by atoms with Gasteiger partial charge in [0.05, 0.1) is 19.3 Å². The van der Waals surface area contributed by atoms with Gasteiger partial charge in [-0.15, -0.1) is 0 Å². The molecule has 106 valence electrons. The van der Waals surface area contributed by atoms with Crippen LogP contribution >= 0.6 is 0 Å². The number of ether oxygens (including phenoxy) is 2. The molecule has 0 atom stereocenters. The number of nitriles is 1. The van der Waals surface area contributed by atoms with Crippen molar-refractivity contribution in [3.8, 4) is 17.6 Å². The number of Topliss-reactive ketones (excluding diaryl/α,β-unsaturated/α-hetero) is 1. The van der Waals surface area contributed by atoms with Gasteiger partial charge >= 0.3 is 0 Å². The van der Waals surface area contributed by atoms with Crippen molar-refractivity contribution in [3.05, 3.63) is 29.3 Å². The summed E-state index contributed by atoms with van der Waals surface area (Å²) in [6.45, 7) is -0.694. The van der Waals surface area contributed by atoms with E-state index in [1.807, 2.05) is 0 Å². The first-order chi connectivity index (χ1) is 9.65. The molecule has 0 radical (unpaired) electrons. The maximum absolute atomic E-state index is 11.3. The van der Waals surface area contributed by atoms with Crippen molar-refractivity contribution in [2.45, 2.75) is 0 Å². The van der Waals surface area contributed by atoms with Gasteiger partial charge in [-0.1, -0.05) is 6.07 Å². The van der Waals surface area contributed by atoms with Crippen LogP contribution in [0, 0.1) is 11.3 Å². The van der Waals surface area contributed by atoms with Crippen molar-refractivity contribution in [1.29, 1.82) is 5.26 Å². The molecule has 0 aromatic heterocycles. The van der Waals surface area contributed by atoms with E-state index in [0.29, 0.717) is 17.1 Å². The maximum atomic E-state index is 11.3. The predicted octanol–water partition coefficient (Wildman–Crippen LogP) is 0.535. The number of nitrogens with zero attached hydrogens (tertiary/aromatic N) is 1. The fourth-order valence-corrected chi connectivity index (χ4v) is 1.48. The Kier molecular flexibility index (Phi) is 6.23. The number of hydrogen-bond donors (Lipinski definition) is 2. The number of hydrogen-bond acceptors (Lipinski definition) is 6. The molecule has 6 nitrogen and oxygen atoms in total. The summed E-state index contributed by atoms with van der Waals surface area (Å²) in [4.78, 5) is 11.3. The lowest BCUT2D eigenvalue weighted by atomic mass is 10.1. The summed E-state index contributed by atoms with van der Waals surface area (Å²) in [5.74, 6) is 0.221. The van der Waals surface area contributed by atoms with Crippen molar-refractivity contribution in [2.75, 3.05) is 26.9 Å². The number of ketones is 1. The summed E-state index contributed by atoms with van der Waals surface area (Å²) >= 11 is 0. The third kappa shape index (κ3) is 4.09. The van der Waals surface area contributed by atoms with Gasteiger partial charge in [-0.25, -0.2) is 0 Å². The highest BCUT2D eigenvalue weighted by molar-refractivity contribution is 6.03. The lowest BCUT2D eigenvalue weighted by Crippen LogP contribution is -2.06. The van der Waals surface area contributed by atoms with Crippen LogP contribution in [-0.4, -0.2) is 42.9 Å². The standard InChI is InChI=1S/C14H15NO5/c1-19-14-7-10(2-3-13(14)20-5-4-16)6-11(8-15)12(18)9-17/h2-3,6-7,16-17H,4-5,9H2,1H3/b11-6+. The van der Waals surface area contributed by atoms with Crippen molar-refractivity contribution >= 4 is 11.9 Å². The number of aliphatic hydroxyl groups excluding tert-OH is 2. The number of aliphatic hydroxyl groups is 2. The topological polar surface area (TPSA) is 99.8 Å². The first-order valence-electron chi connectivity index (χ1n) is 5.83. The highest BCUT2D eigenvalue weighted by atomic mass is 16.5. The molecule has 1 rings (SSSR count). The summed E-state index contributed by atoms with van der Waals surface area (Å²) in [5.41, 5.74) is 0.426. The van der Waals surface area contributed by atoms with Gasteiger partial charge in [-0.3, -0.25) is 4.79 Å². The van der Waals surface area contributed by atoms with Crippen LogP contribution in [0.4, 0.5) is 0 Å². The van der Waals surface area contributed by atoms with E-state index >= 15 is 0 Å². The minimum atomic E-state index is -0.714. The van der Waals surface area contributed by atoms with Crippen molar-refractivity contribution in [3.63, 3.8) is 0 Å². The molecule has 0 saturated carbocycles. The lowest BCUT2D eigenvalue weighted by molar-refractivity contribution is -0.117. The van der Waals surface area contributed by atoms with Crippen LogP contribution < -0.4 is 9.47 Å². The number of rotatable bonds is 7. The predicted molar refractivity (Wildman–Crippen MR) is 71.3 cm³/mol. The summed E-state index contributed by atoms with van der Waals surface area (Å²) < 4.78 is 10.4. The maximum Gasteiger partial charge on any atom is 0.198 e. The lowest BCUT2D eigenvalue weighted by Gasteiger charge is -2.10.